The Hall–Kier alpha value is -2.01. The van der Waals surface area contributed by atoms with Gasteiger partial charge >= 0.3 is 5.97 Å². The molecule has 19 heavy (non-hydrogen) atoms. The van der Waals surface area contributed by atoms with E-state index in [1.54, 1.807) is 29.5 Å². The van der Waals surface area contributed by atoms with Crippen molar-refractivity contribution < 1.29 is 9.53 Å². The number of benzene rings is 1. The summed E-state index contributed by atoms with van der Waals surface area (Å²) in [6.45, 7) is 2.81. The lowest BCUT2D eigenvalue weighted by atomic mass is 10.1. The molecule has 0 saturated carbocycles. The van der Waals surface area contributed by atoms with Crippen LogP contribution in [0.15, 0.2) is 29.6 Å². The van der Waals surface area contributed by atoms with E-state index in [-0.39, 0.29) is 5.97 Å². The smallest absolute Gasteiger partial charge is 0.337 e. The molecule has 1 heterocycles. The van der Waals surface area contributed by atoms with Crippen LogP contribution in [0.25, 0.3) is 0 Å². The van der Waals surface area contributed by atoms with E-state index in [1.165, 1.54) is 17.6 Å². The number of carbonyl (C=O) groups is 1. The number of rotatable bonds is 4. The number of nitrogens with two attached hydrogens (primary N) is 1. The fraction of sp³-hybridized carbons (Fsp3) is 0.214. The van der Waals surface area contributed by atoms with Gasteiger partial charge in [-0.1, -0.05) is 0 Å². The molecule has 0 fully saturated rings. The molecule has 0 bridgehead atoms. The van der Waals surface area contributed by atoms with Gasteiger partial charge in [0.2, 0.25) is 0 Å². The Morgan fingerprint density at radius 1 is 1.42 bits per heavy atom. The first-order valence-corrected chi connectivity index (χ1v) is 6.74. The second kappa shape index (κ2) is 5.75. The number of anilines is 2. The van der Waals surface area contributed by atoms with Crippen molar-refractivity contribution in [1.82, 2.24) is 0 Å². The van der Waals surface area contributed by atoms with Crippen molar-refractivity contribution in [3.63, 3.8) is 0 Å². The lowest BCUT2D eigenvalue weighted by molar-refractivity contribution is 0.0601. The van der Waals surface area contributed by atoms with E-state index in [2.05, 4.69) is 28.4 Å². The van der Waals surface area contributed by atoms with Crippen LogP contribution in [0.1, 0.15) is 20.8 Å². The molecule has 2 rings (SSSR count). The maximum absolute atomic E-state index is 11.4. The summed E-state index contributed by atoms with van der Waals surface area (Å²) in [5.74, 6) is -0.382. The van der Waals surface area contributed by atoms with Gasteiger partial charge in [0.05, 0.1) is 24.0 Å². The minimum atomic E-state index is -0.382. The molecule has 0 unspecified atom stereocenters. The molecule has 0 aliphatic heterocycles. The van der Waals surface area contributed by atoms with E-state index < -0.39 is 0 Å². The summed E-state index contributed by atoms with van der Waals surface area (Å²) in [6, 6.07) is 7.21. The standard InChI is InChI=1S/C14H16N2O2S/c1-9-5-6-19-13(9)8-16-12-4-3-10(7-11(12)15)14(17)18-2/h3-7,16H,8,15H2,1-2H3. The Kier molecular flexibility index (Phi) is 4.06. The third-order valence-corrected chi connectivity index (χ3v) is 3.90. The van der Waals surface area contributed by atoms with E-state index in [0.29, 0.717) is 11.3 Å². The molecule has 4 nitrogen and oxygen atoms in total. The summed E-state index contributed by atoms with van der Waals surface area (Å²) in [5.41, 5.74) is 9.01. The Morgan fingerprint density at radius 3 is 2.79 bits per heavy atom. The molecule has 0 amide bonds. The fourth-order valence-corrected chi connectivity index (χ4v) is 2.58. The van der Waals surface area contributed by atoms with Crippen molar-refractivity contribution in [3.8, 4) is 0 Å². The highest BCUT2D eigenvalue weighted by molar-refractivity contribution is 7.10. The average Bonchev–Trinajstić information content (AvgIpc) is 2.82. The first-order valence-electron chi connectivity index (χ1n) is 5.86. The van der Waals surface area contributed by atoms with Crippen LogP contribution in [0.2, 0.25) is 0 Å². The van der Waals surface area contributed by atoms with Crippen LogP contribution >= 0.6 is 11.3 Å². The molecule has 1 aromatic carbocycles. The molecule has 0 radical (unpaired) electrons. The molecule has 3 N–H and O–H groups in total. The van der Waals surface area contributed by atoms with E-state index >= 15 is 0 Å². The molecule has 0 aliphatic rings. The van der Waals surface area contributed by atoms with Crippen LogP contribution in [0, 0.1) is 6.92 Å². The van der Waals surface area contributed by atoms with Gasteiger partial charge in [-0.25, -0.2) is 4.79 Å². The first kappa shape index (κ1) is 13.4. The minimum absolute atomic E-state index is 0.382. The molecule has 0 saturated heterocycles. The topological polar surface area (TPSA) is 64.3 Å². The van der Waals surface area contributed by atoms with Crippen molar-refractivity contribution in [2.75, 3.05) is 18.2 Å². The van der Waals surface area contributed by atoms with Gasteiger partial charge in [-0.3, -0.25) is 0 Å². The average molecular weight is 276 g/mol. The van der Waals surface area contributed by atoms with Crippen LogP contribution < -0.4 is 11.1 Å². The molecular weight excluding hydrogens is 260 g/mol. The Morgan fingerprint density at radius 2 is 2.21 bits per heavy atom. The second-order valence-corrected chi connectivity index (χ2v) is 5.17. The molecule has 0 atom stereocenters. The van der Waals surface area contributed by atoms with Gasteiger partial charge in [-0.2, -0.15) is 0 Å². The van der Waals surface area contributed by atoms with Crippen molar-refractivity contribution in [2.45, 2.75) is 13.5 Å². The van der Waals surface area contributed by atoms with Crippen LogP contribution in [0.3, 0.4) is 0 Å². The third-order valence-electron chi connectivity index (χ3n) is 2.88. The second-order valence-electron chi connectivity index (χ2n) is 4.17. The van der Waals surface area contributed by atoms with Crippen LogP contribution in [-0.2, 0) is 11.3 Å². The van der Waals surface area contributed by atoms with Gasteiger partial charge in [-0.05, 0) is 42.1 Å². The van der Waals surface area contributed by atoms with E-state index in [9.17, 15) is 4.79 Å². The number of esters is 1. The summed E-state index contributed by atoms with van der Waals surface area (Å²) in [5, 5.41) is 5.34. The number of aryl methyl sites for hydroxylation is 1. The van der Waals surface area contributed by atoms with E-state index in [0.717, 1.165) is 12.2 Å². The maximum Gasteiger partial charge on any atom is 0.337 e. The number of thiophene rings is 1. The highest BCUT2D eigenvalue weighted by Gasteiger charge is 2.08. The summed E-state index contributed by atoms with van der Waals surface area (Å²) in [4.78, 5) is 12.6. The lowest BCUT2D eigenvalue weighted by Gasteiger charge is -2.10. The summed E-state index contributed by atoms with van der Waals surface area (Å²) in [7, 11) is 1.35. The van der Waals surface area contributed by atoms with Crippen LogP contribution in [0.4, 0.5) is 11.4 Å². The first-order chi connectivity index (χ1) is 9.11. The predicted octanol–water partition coefficient (Wildman–Crippen LogP) is 3.04. The number of nitrogen functional groups attached to an aromatic ring is 1. The van der Waals surface area contributed by atoms with Crippen LogP contribution in [-0.4, -0.2) is 13.1 Å². The number of methoxy groups -OCH3 is 1. The largest absolute Gasteiger partial charge is 0.465 e. The van der Waals surface area contributed by atoms with Crippen molar-refractivity contribution >= 4 is 28.7 Å². The van der Waals surface area contributed by atoms with Crippen LogP contribution in [0.5, 0.6) is 0 Å². The third kappa shape index (κ3) is 3.06. The summed E-state index contributed by atoms with van der Waals surface area (Å²) < 4.78 is 4.65. The van der Waals surface area contributed by atoms with Gasteiger partial charge in [0, 0.05) is 11.4 Å². The molecule has 5 heteroatoms. The summed E-state index contributed by atoms with van der Waals surface area (Å²) in [6.07, 6.45) is 0. The molecule has 0 spiro atoms. The number of nitrogens with one attached hydrogen (secondary N) is 1. The maximum atomic E-state index is 11.4. The highest BCUT2D eigenvalue weighted by Crippen LogP contribution is 2.23. The zero-order valence-electron chi connectivity index (χ0n) is 10.9. The van der Waals surface area contributed by atoms with Gasteiger partial charge in [0.1, 0.15) is 0 Å². The number of hydrogen-bond donors (Lipinski definition) is 2. The van der Waals surface area contributed by atoms with Crippen molar-refractivity contribution in [1.29, 1.82) is 0 Å². The predicted molar refractivity (Wildman–Crippen MR) is 78.6 cm³/mol. The molecule has 2 aromatic rings. The molecular formula is C14H16N2O2S. The SMILES string of the molecule is COC(=O)c1ccc(NCc2sccc2C)c(N)c1. The zero-order chi connectivity index (χ0) is 13.8. The normalized spacial score (nSPS) is 10.2. The monoisotopic (exact) mass is 276 g/mol. The number of carbonyl (C=O) groups excluding carboxylic acids is 1. The van der Waals surface area contributed by atoms with Crippen molar-refractivity contribution in [2.24, 2.45) is 0 Å². The van der Waals surface area contributed by atoms with E-state index in [1.807, 2.05) is 0 Å². The molecule has 0 aliphatic carbocycles. The lowest BCUT2D eigenvalue weighted by Crippen LogP contribution is -2.05. The molecule has 100 valence electrons. The number of hydrogen-bond acceptors (Lipinski definition) is 5. The van der Waals surface area contributed by atoms with Gasteiger partial charge in [0.25, 0.3) is 0 Å². The summed E-state index contributed by atoms with van der Waals surface area (Å²) >= 11 is 1.71. The Balaban J connectivity index is 2.09. The van der Waals surface area contributed by atoms with Gasteiger partial charge < -0.3 is 15.8 Å². The Labute approximate surface area is 116 Å². The molecule has 1 aromatic heterocycles. The van der Waals surface area contributed by atoms with Gasteiger partial charge in [-0.15, -0.1) is 11.3 Å². The van der Waals surface area contributed by atoms with Crippen molar-refractivity contribution in [3.05, 3.63) is 45.6 Å². The fourth-order valence-electron chi connectivity index (χ4n) is 1.73. The highest BCUT2D eigenvalue weighted by atomic mass is 32.1. The quantitative estimate of drug-likeness (QED) is 0.665. The minimum Gasteiger partial charge on any atom is -0.465 e. The van der Waals surface area contributed by atoms with Gasteiger partial charge in [0.15, 0.2) is 0 Å². The van der Waals surface area contributed by atoms with E-state index in [4.69, 9.17) is 5.73 Å². The number of ether oxygens (including phenoxy) is 1. The zero-order valence-corrected chi connectivity index (χ0v) is 11.7. The Bertz CT molecular complexity index is 593.